The Kier molecular flexibility index (Phi) is 5.56. The molecule has 7 nitrogen and oxygen atoms in total. The molecular weight excluding hydrogens is 334 g/mol. The molecule has 1 aliphatic heterocycles. The first-order valence-electron chi connectivity index (χ1n) is 9.07. The first kappa shape index (κ1) is 18.4. The number of hydrogen-bond donors (Lipinski definition) is 3. The van der Waals surface area contributed by atoms with E-state index >= 15 is 0 Å². The number of ether oxygens (including phenoxy) is 3. The normalized spacial score (nSPS) is 19.5. The minimum absolute atomic E-state index is 0.108. The first-order chi connectivity index (χ1) is 12.6. The molecule has 0 radical (unpaired) electrons. The maximum absolute atomic E-state index is 12.6. The Morgan fingerprint density at radius 3 is 2.65 bits per heavy atom. The molecule has 3 rings (SSSR count). The zero-order chi connectivity index (χ0) is 18.7. The SMILES string of the molecule is CC[NH+]1CCC[C@@H]1CNC(=O)c1cc2c(OC)c(OC)c(OC)cc2[nH]1. The van der Waals surface area contributed by atoms with Crippen molar-refractivity contribution in [1.29, 1.82) is 0 Å². The monoisotopic (exact) mass is 362 g/mol. The molecule has 0 aliphatic carbocycles. The molecular formula is C19H28N3O4+. The van der Waals surface area contributed by atoms with E-state index in [4.69, 9.17) is 14.2 Å². The maximum atomic E-state index is 12.6. The summed E-state index contributed by atoms with van der Waals surface area (Å²) < 4.78 is 16.3. The third-order valence-corrected chi connectivity index (χ3v) is 5.26. The van der Waals surface area contributed by atoms with Crippen molar-refractivity contribution >= 4 is 16.8 Å². The van der Waals surface area contributed by atoms with Gasteiger partial charge >= 0.3 is 0 Å². The van der Waals surface area contributed by atoms with E-state index in [1.165, 1.54) is 19.4 Å². The molecule has 2 heterocycles. The average Bonchev–Trinajstić information content (AvgIpc) is 3.30. The van der Waals surface area contributed by atoms with E-state index in [0.717, 1.165) is 17.4 Å². The Labute approximate surface area is 153 Å². The van der Waals surface area contributed by atoms with Crippen molar-refractivity contribution in [2.75, 3.05) is 41.0 Å². The lowest BCUT2D eigenvalue weighted by atomic mass is 10.2. The molecule has 2 atom stereocenters. The van der Waals surface area contributed by atoms with E-state index in [2.05, 4.69) is 17.2 Å². The molecule has 3 N–H and O–H groups in total. The lowest BCUT2D eigenvalue weighted by Gasteiger charge is -2.19. The summed E-state index contributed by atoms with van der Waals surface area (Å²) >= 11 is 0. The molecule has 0 bridgehead atoms. The zero-order valence-electron chi connectivity index (χ0n) is 15.9. The fourth-order valence-corrected chi connectivity index (χ4v) is 3.88. The number of aromatic amines is 1. The highest BCUT2D eigenvalue weighted by Crippen LogP contribution is 2.43. The molecule has 1 amide bonds. The lowest BCUT2D eigenvalue weighted by molar-refractivity contribution is -0.909. The molecule has 1 saturated heterocycles. The van der Waals surface area contributed by atoms with E-state index in [1.807, 2.05) is 6.07 Å². The molecule has 142 valence electrons. The van der Waals surface area contributed by atoms with Crippen molar-refractivity contribution in [2.45, 2.75) is 25.8 Å². The van der Waals surface area contributed by atoms with Gasteiger partial charge in [0.25, 0.3) is 5.91 Å². The Hall–Kier alpha value is -2.41. The summed E-state index contributed by atoms with van der Waals surface area (Å²) in [4.78, 5) is 17.3. The van der Waals surface area contributed by atoms with Gasteiger partial charge in [0, 0.05) is 24.3 Å². The third kappa shape index (κ3) is 3.31. The number of aromatic nitrogens is 1. The van der Waals surface area contributed by atoms with E-state index in [0.29, 0.717) is 35.5 Å². The number of carbonyl (C=O) groups excluding carboxylic acids is 1. The minimum atomic E-state index is -0.108. The molecule has 1 aliphatic rings. The number of quaternary nitrogens is 1. The summed E-state index contributed by atoms with van der Waals surface area (Å²) in [5.41, 5.74) is 1.27. The molecule has 1 aromatic carbocycles. The Bertz CT molecular complexity index is 787. The molecule has 0 saturated carbocycles. The molecule has 26 heavy (non-hydrogen) atoms. The second-order valence-electron chi connectivity index (χ2n) is 6.60. The number of amides is 1. The first-order valence-corrected chi connectivity index (χ1v) is 9.07. The average molecular weight is 362 g/mol. The topological polar surface area (TPSA) is 77.0 Å². The van der Waals surface area contributed by atoms with Crippen molar-refractivity contribution < 1.29 is 23.9 Å². The van der Waals surface area contributed by atoms with Gasteiger partial charge in [-0.05, 0) is 13.0 Å². The zero-order valence-corrected chi connectivity index (χ0v) is 15.9. The van der Waals surface area contributed by atoms with Gasteiger partial charge in [0.1, 0.15) is 11.7 Å². The van der Waals surface area contributed by atoms with Crippen molar-refractivity contribution in [3.8, 4) is 17.2 Å². The van der Waals surface area contributed by atoms with Crippen LogP contribution < -0.4 is 24.4 Å². The Balaban J connectivity index is 1.83. The largest absolute Gasteiger partial charge is 0.493 e. The Morgan fingerprint density at radius 1 is 1.23 bits per heavy atom. The number of hydrogen-bond acceptors (Lipinski definition) is 4. The third-order valence-electron chi connectivity index (χ3n) is 5.26. The number of likely N-dealkylation sites (tertiary alicyclic amines) is 1. The van der Waals surface area contributed by atoms with Crippen LogP contribution in [0.2, 0.25) is 0 Å². The molecule has 1 unspecified atom stereocenters. The number of benzene rings is 1. The number of likely N-dealkylation sites (N-methyl/N-ethyl adjacent to an activating group) is 1. The second kappa shape index (κ2) is 7.86. The van der Waals surface area contributed by atoms with E-state index < -0.39 is 0 Å². The standard InChI is InChI=1S/C19H27N3O4/c1-5-22-8-6-7-12(22)11-20-19(23)15-9-13-14(21-15)10-16(24-2)18(26-4)17(13)25-3/h9-10,12,21H,5-8,11H2,1-4H3,(H,20,23)/p+1/t12-/m1/s1. The van der Waals surface area contributed by atoms with Crippen LogP contribution in [0.3, 0.4) is 0 Å². The number of rotatable bonds is 7. The van der Waals surface area contributed by atoms with Gasteiger partial charge < -0.3 is 29.4 Å². The maximum Gasteiger partial charge on any atom is 0.267 e. The number of nitrogens with one attached hydrogen (secondary N) is 3. The van der Waals surface area contributed by atoms with Crippen molar-refractivity contribution in [3.63, 3.8) is 0 Å². The number of carbonyl (C=O) groups is 1. The van der Waals surface area contributed by atoms with Crippen LogP contribution in [-0.2, 0) is 0 Å². The van der Waals surface area contributed by atoms with Crippen molar-refractivity contribution in [3.05, 3.63) is 17.8 Å². The van der Waals surface area contributed by atoms with Crippen molar-refractivity contribution in [1.82, 2.24) is 10.3 Å². The number of methoxy groups -OCH3 is 3. The fraction of sp³-hybridized carbons (Fsp3) is 0.526. The van der Waals surface area contributed by atoms with Gasteiger partial charge in [-0.3, -0.25) is 4.79 Å². The quantitative estimate of drug-likeness (QED) is 0.687. The van der Waals surface area contributed by atoms with Crippen LogP contribution in [0.15, 0.2) is 12.1 Å². The van der Waals surface area contributed by atoms with E-state index in [9.17, 15) is 4.79 Å². The summed E-state index contributed by atoms with van der Waals surface area (Å²) in [7, 11) is 4.71. The lowest BCUT2D eigenvalue weighted by Crippen LogP contribution is -3.14. The van der Waals surface area contributed by atoms with Crippen LogP contribution >= 0.6 is 0 Å². The van der Waals surface area contributed by atoms with Crippen molar-refractivity contribution in [2.24, 2.45) is 0 Å². The second-order valence-corrected chi connectivity index (χ2v) is 6.60. The van der Waals surface area contributed by atoms with Gasteiger partial charge in [0.2, 0.25) is 5.75 Å². The summed E-state index contributed by atoms with van der Waals surface area (Å²) in [6.07, 6.45) is 2.39. The van der Waals surface area contributed by atoms with Gasteiger partial charge in [-0.15, -0.1) is 0 Å². The number of fused-ring (bicyclic) bond motifs is 1. The fourth-order valence-electron chi connectivity index (χ4n) is 3.88. The highest BCUT2D eigenvalue weighted by Gasteiger charge is 2.27. The van der Waals surface area contributed by atoms with Gasteiger partial charge in [0.15, 0.2) is 11.5 Å². The summed E-state index contributed by atoms with van der Waals surface area (Å²) in [5.74, 6) is 1.51. The molecule has 7 heteroatoms. The van der Waals surface area contributed by atoms with Crippen LogP contribution in [0.1, 0.15) is 30.3 Å². The van der Waals surface area contributed by atoms with Crippen LogP contribution in [0.4, 0.5) is 0 Å². The summed E-state index contributed by atoms with van der Waals surface area (Å²) in [5, 5.41) is 3.86. The predicted molar refractivity (Wildman–Crippen MR) is 99.7 cm³/mol. The highest BCUT2D eigenvalue weighted by atomic mass is 16.5. The van der Waals surface area contributed by atoms with Crippen LogP contribution in [0, 0.1) is 0 Å². The van der Waals surface area contributed by atoms with Gasteiger partial charge in [-0.25, -0.2) is 0 Å². The summed E-state index contributed by atoms with van der Waals surface area (Å²) in [6, 6.07) is 4.11. The number of H-pyrrole nitrogens is 1. The molecule has 1 aromatic heterocycles. The molecule has 2 aromatic rings. The molecule has 0 spiro atoms. The summed E-state index contributed by atoms with van der Waals surface area (Å²) in [6.45, 7) is 5.19. The highest BCUT2D eigenvalue weighted by molar-refractivity contribution is 6.01. The minimum Gasteiger partial charge on any atom is -0.493 e. The van der Waals surface area contributed by atoms with Gasteiger partial charge in [-0.1, -0.05) is 0 Å². The van der Waals surface area contributed by atoms with Crippen LogP contribution in [-0.4, -0.2) is 57.9 Å². The molecule has 1 fully saturated rings. The van der Waals surface area contributed by atoms with Crippen LogP contribution in [0.25, 0.3) is 10.9 Å². The van der Waals surface area contributed by atoms with Gasteiger partial charge in [-0.2, -0.15) is 0 Å². The van der Waals surface area contributed by atoms with Crippen LogP contribution in [0.5, 0.6) is 17.2 Å². The van der Waals surface area contributed by atoms with E-state index in [-0.39, 0.29) is 5.91 Å². The van der Waals surface area contributed by atoms with Gasteiger partial charge in [0.05, 0.1) is 46.5 Å². The Morgan fingerprint density at radius 2 is 2.00 bits per heavy atom. The predicted octanol–water partition coefficient (Wildman–Crippen LogP) is 0.991. The van der Waals surface area contributed by atoms with E-state index in [1.54, 1.807) is 32.3 Å². The smallest absolute Gasteiger partial charge is 0.267 e.